The van der Waals surface area contributed by atoms with Gasteiger partial charge < -0.3 is 10.0 Å². The van der Waals surface area contributed by atoms with Crippen LogP contribution in [-0.4, -0.2) is 22.5 Å². The summed E-state index contributed by atoms with van der Waals surface area (Å²) >= 11 is 0. The summed E-state index contributed by atoms with van der Waals surface area (Å²) in [6.45, 7) is 4.53. The number of carboxylic acid groups (broad SMARTS) is 1. The second-order valence-corrected chi connectivity index (χ2v) is 5.44. The van der Waals surface area contributed by atoms with Gasteiger partial charge in [0.15, 0.2) is 0 Å². The number of hydrogen-bond acceptors (Lipinski definition) is 3. The normalized spacial score (nSPS) is 18.7. The monoisotopic (exact) mass is 290 g/mol. The van der Waals surface area contributed by atoms with Crippen LogP contribution in [0.15, 0.2) is 76.7 Å². The summed E-state index contributed by atoms with van der Waals surface area (Å²) in [5, 5.41) is 11.5. The highest BCUT2D eigenvalue weighted by atomic mass is 16.4. The van der Waals surface area contributed by atoms with Crippen molar-refractivity contribution in [2.24, 2.45) is 4.99 Å². The fraction of sp³-hybridized carbons (Fsp3) is 0.111. The van der Waals surface area contributed by atoms with Crippen LogP contribution in [0.5, 0.6) is 0 Å². The molecule has 0 unspecified atom stereocenters. The van der Waals surface area contributed by atoms with Crippen LogP contribution >= 0.6 is 0 Å². The van der Waals surface area contributed by atoms with Crippen molar-refractivity contribution >= 4 is 11.5 Å². The van der Waals surface area contributed by atoms with Crippen LogP contribution in [0.2, 0.25) is 0 Å². The van der Waals surface area contributed by atoms with Gasteiger partial charge in [-0.05, 0) is 24.1 Å². The van der Waals surface area contributed by atoms with Crippen LogP contribution in [0.1, 0.15) is 6.42 Å². The summed E-state index contributed by atoms with van der Waals surface area (Å²) in [6, 6.07) is 8.05. The van der Waals surface area contributed by atoms with Crippen molar-refractivity contribution < 1.29 is 9.90 Å². The molecule has 1 N–H and O–H groups in total. The largest absolute Gasteiger partial charge is 0.478 e. The molecule has 0 bridgehead atoms. The summed E-state index contributed by atoms with van der Waals surface area (Å²) in [5.41, 5.74) is 3.86. The molecular weight excluding hydrogens is 276 g/mol. The smallest absolute Gasteiger partial charge is 0.336 e. The van der Waals surface area contributed by atoms with Crippen molar-refractivity contribution in [1.29, 1.82) is 0 Å². The molecule has 0 saturated carbocycles. The minimum absolute atomic E-state index is 0.265. The average Bonchev–Trinajstić information content (AvgIpc) is 2.92. The first-order valence-electron chi connectivity index (χ1n) is 7.17. The number of carbonyl (C=O) groups is 1. The number of carboxylic acids is 1. The standard InChI is InChI=1S/C18H14N2O2/c1-2-11-10-20-8-7-13-12-5-3-4-6-15(12)19-17(13)16(20)9-14(11)18(21)22/h2-6,9-10H,1,7-8H2,(H,21,22). The van der Waals surface area contributed by atoms with E-state index in [2.05, 4.69) is 17.5 Å². The molecule has 3 aliphatic heterocycles. The first kappa shape index (κ1) is 12.8. The van der Waals surface area contributed by atoms with E-state index in [0.29, 0.717) is 5.57 Å². The number of nitrogens with zero attached hydrogens (tertiary/aromatic N) is 2. The zero-order chi connectivity index (χ0) is 15.3. The zero-order valence-electron chi connectivity index (χ0n) is 11.9. The van der Waals surface area contributed by atoms with E-state index < -0.39 is 5.97 Å². The molecule has 0 aliphatic carbocycles. The molecule has 1 aromatic rings. The predicted octanol–water partition coefficient (Wildman–Crippen LogP) is 1.48. The minimum Gasteiger partial charge on any atom is -0.478 e. The number of para-hydroxylation sites is 1. The lowest BCUT2D eigenvalue weighted by atomic mass is 9.95. The van der Waals surface area contributed by atoms with E-state index in [1.165, 1.54) is 5.57 Å². The van der Waals surface area contributed by atoms with E-state index >= 15 is 0 Å². The Balaban J connectivity index is 1.99. The molecule has 0 aromatic heterocycles. The zero-order valence-corrected chi connectivity index (χ0v) is 11.9. The van der Waals surface area contributed by atoms with Gasteiger partial charge in [-0.15, -0.1) is 0 Å². The van der Waals surface area contributed by atoms with Crippen molar-refractivity contribution in [3.63, 3.8) is 0 Å². The van der Waals surface area contributed by atoms with Gasteiger partial charge in [0.2, 0.25) is 0 Å². The second-order valence-electron chi connectivity index (χ2n) is 5.44. The van der Waals surface area contributed by atoms with Crippen LogP contribution in [0.3, 0.4) is 0 Å². The molecule has 0 spiro atoms. The summed E-state index contributed by atoms with van der Waals surface area (Å²) in [6.07, 6.45) is 6.05. The second kappa shape index (κ2) is 4.56. The van der Waals surface area contributed by atoms with Crippen LogP contribution < -0.4 is 10.6 Å². The lowest BCUT2D eigenvalue weighted by Gasteiger charge is -2.32. The van der Waals surface area contributed by atoms with E-state index in [1.807, 2.05) is 24.4 Å². The van der Waals surface area contributed by atoms with Crippen molar-refractivity contribution in [3.05, 3.63) is 82.3 Å². The molecule has 0 fully saturated rings. The molecule has 3 aliphatic rings. The molecule has 108 valence electrons. The minimum atomic E-state index is -0.943. The third-order valence-electron chi connectivity index (χ3n) is 4.24. The molecule has 4 heteroatoms. The summed E-state index contributed by atoms with van der Waals surface area (Å²) in [5.74, 6) is -0.943. The van der Waals surface area contributed by atoms with Gasteiger partial charge >= 0.3 is 5.97 Å². The van der Waals surface area contributed by atoms with Crippen LogP contribution in [0.4, 0.5) is 0 Å². The van der Waals surface area contributed by atoms with Gasteiger partial charge in [-0.1, -0.05) is 30.9 Å². The van der Waals surface area contributed by atoms with Gasteiger partial charge in [-0.3, -0.25) is 0 Å². The Morgan fingerprint density at radius 3 is 2.95 bits per heavy atom. The van der Waals surface area contributed by atoms with Crippen LogP contribution in [-0.2, 0) is 4.79 Å². The molecule has 1 aromatic carbocycles. The van der Waals surface area contributed by atoms with Gasteiger partial charge in [0, 0.05) is 23.5 Å². The third kappa shape index (κ3) is 1.70. The number of fused-ring (bicyclic) bond motifs is 3. The Hall–Kier alpha value is -2.88. The topological polar surface area (TPSA) is 52.9 Å². The molecule has 4 nitrogen and oxygen atoms in total. The first-order valence-corrected chi connectivity index (χ1v) is 7.17. The number of hydrogen-bond donors (Lipinski definition) is 1. The quantitative estimate of drug-likeness (QED) is 0.897. The molecule has 3 heterocycles. The Bertz CT molecular complexity index is 932. The SMILES string of the molecule is C=CC1=CN2CCC3=c4ccccc4=NC3=C2C=C1C(=O)O. The predicted molar refractivity (Wildman–Crippen MR) is 83.0 cm³/mol. The summed E-state index contributed by atoms with van der Waals surface area (Å²) in [4.78, 5) is 18.3. The Morgan fingerprint density at radius 2 is 2.18 bits per heavy atom. The van der Waals surface area contributed by atoms with E-state index in [1.54, 1.807) is 12.2 Å². The van der Waals surface area contributed by atoms with Gasteiger partial charge in [0.05, 0.1) is 22.3 Å². The Morgan fingerprint density at radius 1 is 1.36 bits per heavy atom. The Kier molecular flexibility index (Phi) is 2.66. The maximum absolute atomic E-state index is 11.5. The van der Waals surface area contributed by atoms with Gasteiger partial charge in [-0.2, -0.15) is 0 Å². The highest BCUT2D eigenvalue weighted by Crippen LogP contribution is 2.35. The average molecular weight is 290 g/mol. The van der Waals surface area contributed by atoms with E-state index in [-0.39, 0.29) is 5.57 Å². The van der Waals surface area contributed by atoms with E-state index in [4.69, 9.17) is 4.99 Å². The van der Waals surface area contributed by atoms with E-state index in [0.717, 1.165) is 34.9 Å². The highest BCUT2D eigenvalue weighted by molar-refractivity contribution is 5.94. The molecule has 0 saturated heterocycles. The Labute approximate surface area is 127 Å². The van der Waals surface area contributed by atoms with Gasteiger partial charge in [0.1, 0.15) is 0 Å². The molecule has 22 heavy (non-hydrogen) atoms. The molecule has 4 rings (SSSR count). The molecule has 0 atom stereocenters. The third-order valence-corrected chi connectivity index (χ3v) is 4.24. The van der Waals surface area contributed by atoms with Gasteiger partial charge in [-0.25, -0.2) is 9.79 Å². The first-order chi connectivity index (χ1) is 10.7. The number of benzene rings is 1. The summed E-state index contributed by atoms with van der Waals surface area (Å²) in [7, 11) is 0. The fourth-order valence-corrected chi connectivity index (χ4v) is 3.19. The maximum Gasteiger partial charge on any atom is 0.336 e. The van der Waals surface area contributed by atoms with Crippen LogP contribution in [0.25, 0.3) is 5.57 Å². The van der Waals surface area contributed by atoms with Gasteiger partial charge in [0.25, 0.3) is 0 Å². The summed E-state index contributed by atoms with van der Waals surface area (Å²) < 4.78 is 0. The lowest BCUT2D eigenvalue weighted by Crippen LogP contribution is -2.29. The lowest BCUT2D eigenvalue weighted by molar-refractivity contribution is -0.132. The fourth-order valence-electron chi connectivity index (χ4n) is 3.19. The van der Waals surface area contributed by atoms with Crippen molar-refractivity contribution in [1.82, 2.24) is 4.90 Å². The highest BCUT2D eigenvalue weighted by Gasteiger charge is 2.29. The van der Waals surface area contributed by atoms with Crippen molar-refractivity contribution in [2.45, 2.75) is 6.42 Å². The molecular formula is C18H14N2O2. The number of allylic oxidation sites excluding steroid dienone is 3. The number of rotatable bonds is 2. The van der Waals surface area contributed by atoms with Crippen LogP contribution in [0, 0.1) is 0 Å². The number of aliphatic carboxylic acids is 1. The molecule has 0 amide bonds. The van der Waals surface area contributed by atoms with E-state index in [9.17, 15) is 9.90 Å². The molecule has 0 radical (unpaired) electrons. The van der Waals surface area contributed by atoms with Crippen molar-refractivity contribution in [3.8, 4) is 0 Å². The maximum atomic E-state index is 11.5. The van der Waals surface area contributed by atoms with Crippen molar-refractivity contribution in [2.75, 3.05) is 6.54 Å².